The summed E-state index contributed by atoms with van der Waals surface area (Å²) in [6.45, 7) is 0.501. The van der Waals surface area contributed by atoms with Crippen LogP contribution in [0.25, 0.3) is 0 Å². The third-order valence-electron chi connectivity index (χ3n) is 2.18. The van der Waals surface area contributed by atoms with Gasteiger partial charge in [0.25, 0.3) is 0 Å². The van der Waals surface area contributed by atoms with E-state index in [9.17, 15) is 15.0 Å². The Labute approximate surface area is 74.4 Å². The van der Waals surface area contributed by atoms with Gasteiger partial charge >= 0.3 is 5.97 Å². The molecular formula is C7H12O6. The molecule has 13 heavy (non-hydrogen) atoms. The summed E-state index contributed by atoms with van der Waals surface area (Å²) in [4.78, 5) is 10.9. The van der Waals surface area contributed by atoms with Crippen LogP contribution in [0.2, 0.25) is 0 Å². The van der Waals surface area contributed by atoms with Gasteiger partial charge in [-0.15, -0.1) is 0 Å². The zero-order valence-electron chi connectivity index (χ0n) is 7.04. The number of ether oxygens (including phenoxy) is 1. The topological polar surface area (TPSA) is 107 Å². The highest BCUT2D eigenvalue weighted by Gasteiger charge is 2.52. The molecule has 1 saturated heterocycles. The lowest BCUT2D eigenvalue weighted by atomic mass is 9.86. The quantitative estimate of drug-likeness (QED) is 0.339. The average molecular weight is 192 g/mol. The molecule has 0 amide bonds. The Kier molecular flexibility index (Phi) is 2.58. The predicted octanol–water partition coefficient (Wildman–Crippen LogP) is -2.62. The van der Waals surface area contributed by atoms with E-state index in [2.05, 4.69) is 4.74 Å². The summed E-state index contributed by atoms with van der Waals surface area (Å²) in [6.07, 6.45) is -4.47. The number of carbonyl (C=O) groups is 1. The molecule has 0 aromatic rings. The van der Waals surface area contributed by atoms with Crippen molar-refractivity contribution >= 4 is 5.97 Å². The lowest BCUT2D eigenvalue weighted by molar-refractivity contribution is -0.233. The van der Waals surface area contributed by atoms with Crippen molar-refractivity contribution < 1.29 is 30.0 Å². The number of carbonyl (C=O) groups excluding carboxylic acids is 1. The third kappa shape index (κ3) is 1.53. The van der Waals surface area contributed by atoms with Crippen molar-refractivity contribution in [2.45, 2.75) is 30.8 Å². The Bertz CT molecular complexity index is 213. The second kappa shape index (κ2) is 3.22. The molecule has 1 fully saturated rings. The molecule has 0 aromatic heterocycles. The molecule has 6 heteroatoms. The van der Waals surface area contributed by atoms with Crippen LogP contribution in [0.4, 0.5) is 0 Å². The van der Waals surface area contributed by atoms with Crippen molar-refractivity contribution in [1.29, 1.82) is 0 Å². The van der Waals surface area contributed by atoms with E-state index in [0.29, 0.717) is 0 Å². The van der Waals surface area contributed by atoms with Crippen LogP contribution in [-0.2, 0) is 9.53 Å². The summed E-state index contributed by atoms with van der Waals surface area (Å²) in [5.41, 5.74) is -1.98. The Morgan fingerprint density at radius 2 is 2.08 bits per heavy atom. The first-order chi connectivity index (χ1) is 5.91. The van der Waals surface area contributed by atoms with Crippen LogP contribution < -0.4 is 0 Å². The summed E-state index contributed by atoms with van der Waals surface area (Å²) in [6, 6.07) is 0. The van der Waals surface area contributed by atoms with E-state index in [-0.39, 0.29) is 0 Å². The Hall–Kier alpha value is -0.690. The van der Waals surface area contributed by atoms with Gasteiger partial charge in [0.1, 0.15) is 11.7 Å². The van der Waals surface area contributed by atoms with Gasteiger partial charge in [-0.2, -0.15) is 0 Å². The fourth-order valence-corrected chi connectivity index (χ4v) is 1.19. The third-order valence-corrected chi connectivity index (χ3v) is 2.18. The van der Waals surface area contributed by atoms with Crippen molar-refractivity contribution in [1.82, 2.24) is 0 Å². The maximum absolute atomic E-state index is 10.9. The number of esters is 1. The molecule has 0 saturated carbocycles. The molecule has 4 N–H and O–H groups in total. The number of hydrogen-bond donors (Lipinski definition) is 4. The number of aliphatic hydroxyl groups excluding tert-OH is 3. The van der Waals surface area contributed by atoms with Gasteiger partial charge in [-0.1, -0.05) is 0 Å². The number of cyclic esters (lactones) is 1. The van der Waals surface area contributed by atoms with Crippen molar-refractivity contribution in [3.8, 4) is 0 Å². The Balaban J connectivity index is 2.88. The summed E-state index contributed by atoms with van der Waals surface area (Å²) in [7, 11) is 0. The van der Waals surface area contributed by atoms with E-state index in [1.807, 2.05) is 0 Å². The highest BCUT2D eigenvalue weighted by atomic mass is 16.6. The summed E-state index contributed by atoms with van der Waals surface area (Å²) >= 11 is 0. The molecule has 76 valence electrons. The molecular weight excluding hydrogens is 180 g/mol. The van der Waals surface area contributed by atoms with Crippen LogP contribution in [0.3, 0.4) is 0 Å². The zero-order chi connectivity index (χ0) is 10.2. The minimum atomic E-state index is -1.98. The highest BCUT2D eigenvalue weighted by Crippen LogP contribution is 2.25. The van der Waals surface area contributed by atoms with Gasteiger partial charge < -0.3 is 25.2 Å². The van der Waals surface area contributed by atoms with Crippen LogP contribution in [0.1, 0.15) is 6.92 Å². The minimum Gasteiger partial charge on any atom is -0.455 e. The highest BCUT2D eigenvalue weighted by molar-refractivity contribution is 5.77. The van der Waals surface area contributed by atoms with Crippen LogP contribution in [-0.4, -0.2) is 56.9 Å². The fourth-order valence-electron chi connectivity index (χ4n) is 1.19. The number of aliphatic hydroxyl groups is 4. The fraction of sp³-hybridized carbons (Fsp3) is 0.857. The predicted molar refractivity (Wildman–Crippen MR) is 39.6 cm³/mol. The number of hydrogen-bond acceptors (Lipinski definition) is 6. The molecule has 2 unspecified atom stereocenters. The van der Waals surface area contributed by atoms with Crippen molar-refractivity contribution in [2.75, 3.05) is 6.61 Å². The summed E-state index contributed by atoms with van der Waals surface area (Å²) in [5.74, 6) is -1.05. The first-order valence-corrected chi connectivity index (χ1v) is 3.81. The summed E-state index contributed by atoms with van der Waals surface area (Å²) < 4.78 is 4.45. The van der Waals surface area contributed by atoms with E-state index >= 15 is 0 Å². The van der Waals surface area contributed by atoms with Gasteiger partial charge in [0.05, 0.1) is 6.61 Å². The molecule has 1 aliphatic rings. The average Bonchev–Trinajstić information content (AvgIpc) is 2.09. The zero-order valence-corrected chi connectivity index (χ0v) is 7.04. The Morgan fingerprint density at radius 1 is 1.54 bits per heavy atom. The Morgan fingerprint density at radius 3 is 2.54 bits per heavy atom. The SMILES string of the molecule is CC1(O)C(O)C(=O)O[C@H](CO)[C@H]1O. The first kappa shape index (κ1) is 10.4. The van der Waals surface area contributed by atoms with Crippen LogP contribution in [0.15, 0.2) is 0 Å². The molecule has 0 spiro atoms. The van der Waals surface area contributed by atoms with E-state index in [1.54, 1.807) is 0 Å². The monoisotopic (exact) mass is 192 g/mol. The van der Waals surface area contributed by atoms with Crippen molar-refractivity contribution in [3.05, 3.63) is 0 Å². The van der Waals surface area contributed by atoms with Crippen LogP contribution in [0, 0.1) is 0 Å². The maximum Gasteiger partial charge on any atom is 0.338 e. The summed E-state index contributed by atoms with van der Waals surface area (Å²) in [5, 5.41) is 36.6. The second-order valence-electron chi connectivity index (χ2n) is 3.23. The lowest BCUT2D eigenvalue weighted by Crippen LogP contribution is -2.64. The molecule has 1 rings (SSSR count). The van der Waals surface area contributed by atoms with Crippen LogP contribution in [0.5, 0.6) is 0 Å². The molecule has 0 aliphatic carbocycles. The molecule has 0 radical (unpaired) electrons. The van der Waals surface area contributed by atoms with Gasteiger partial charge in [-0.3, -0.25) is 0 Å². The molecule has 0 bridgehead atoms. The lowest BCUT2D eigenvalue weighted by Gasteiger charge is -2.40. The van der Waals surface area contributed by atoms with Gasteiger partial charge in [-0.25, -0.2) is 4.79 Å². The molecule has 1 heterocycles. The standard InChI is InChI=1S/C7H12O6/c1-7(12)4(9)3(2-8)13-6(11)5(7)10/h3-5,8-10,12H,2H2,1H3/t3-,4-,5?,7?/m1/s1. The van der Waals surface area contributed by atoms with Gasteiger partial charge in [0, 0.05) is 0 Å². The van der Waals surface area contributed by atoms with Gasteiger partial charge in [0.2, 0.25) is 0 Å². The van der Waals surface area contributed by atoms with Crippen LogP contribution >= 0.6 is 0 Å². The number of rotatable bonds is 1. The molecule has 0 aromatic carbocycles. The maximum atomic E-state index is 10.9. The van der Waals surface area contributed by atoms with Gasteiger partial charge in [-0.05, 0) is 6.92 Å². The first-order valence-electron chi connectivity index (χ1n) is 3.81. The molecule has 4 atom stereocenters. The molecule has 1 aliphatic heterocycles. The minimum absolute atomic E-state index is 0.601. The normalized spacial score (nSPS) is 45.9. The van der Waals surface area contributed by atoms with Crippen molar-refractivity contribution in [3.63, 3.8) is 0 Å². The van der Waals surface area contributed by atoms with E-state index in [1.165, 1.54) is 0 Å². The molecule has 6 nitrogen and oxygen atoms in total. The largest absolute Gasteiger partial charge is 0.455 e. The van der Waals surface area contributed by atoms with E-state index in [4.69, 9.17) is 10.2 Å². The smallest absolute Gasteiger partial charge is 0.338 e. The van der Waals surface area contributed by atoms with E-state index < -0.39 is 36.5 Å². The second-order valence-corrected chi connectivity index (χ2v) is 3.23. The van der Waals surface area contributed by atoms with E-state index in [0.717, 1.165) is 6.92 Å². The van der Waals surface area contributed by atoms with Gasteiger partial charge in [0.15, 0.2) is 12.2 Å². The van der Waals surface area contributed by atoms with Crippen molar-refractivity contribution in [2.24, 2.45) is 0 Å².